The molecule has 0 spiro atoms. The first kappa shape index (κ1) is 12.4. The summed E-state index contributed by atoms with van der Waals surface area (Å²) in [7, 11) is -4.18. The molecule has 0 aromatic rings. The molecule has 5 heteroatoms. The van der Waals surface area contributed by atoms with Crippen LogP contribution >= 0.6 is 7.60 Å². The molecule has 0 unspecified atom stereocenters. The van der Waals surface area contributed by atoms with Crippen molar-refractivity contribution in [3.63, 3.8) is 0 Å². The standard InChI is InChI=1S/C4H11O3P.Cu/c1-2-3-4-8(5,6)7;/h2-4H2,1H3,(H2,5,6,7);/q;+2/p-2. The van der Waals surface area contributed by atoms with Crippen LogP contribution in [0.25, 0.3) is 0 Å². The van der Waals surface area contributed by atoms with Gasteiger partial charge in [0.25, 0.3) is 0 Å². The van der Waals surface area contributed by atoms with Gasteiger partial charge in [-0.15, -0.1) is 0 Å². The molecule has 0 aromatic carbocycles. The van der Waals surface area contributed by atoms with Crippen LogP contribution in [0.15, 0.2) is 0 Å². The van der Waals surface area contributed by atoms with Crippen molar-refractivity contribution in [2.24, 2.45) is 0 Å². The van der Waals surface area contributed by atoms with Crippen LogP contribution in [0.2, 0.25) is 0 Å². The number of hydrogen-bond acceptors (Lipinski definition) is 3. The minimum absolute atomic E-state index is 0. The first-order valence-electron chi connectivity index (χ1n) is 2.57. The molecule has 0 aliphatic heterocycles. The summed E-state index contributed by atoms with van der Waals surface area (Å²) in [6.07, 6.45) is 1.06. The van der Waals surface area contributed by atoms with Crippen LogP contribution in [-0.4, -0.2) is 6.16 Å². The monoisotopic (exact) mass is 199 g/mol. The van der Waals surface area contributed by atoms with Crippen LogP contribution in [0.4, 0.5) is 0 Å². The van der Waals surface area contributed by atoms with Gasteiger partial charge >= 0.3 is 17.1 Å². The van der Waals surface area contributed by atoms with Crippen LogP contribution in [0.1, 0.15) is 19.8 Å². The van der Waals surface area contributed by atoms with Gasteiger partial charge < -0.3 is 14.4 Å². The Morgan fingerprint density at radius 1 is 1.44 bits per heavy atom. The quantitative estimate of drug-likeness (QED) is 0.463. The minimum Gasteiger partial charge on any atom is -0.811 e. The van der Waals surface area contributed by atoms with Crippen molar-refractivity contribution in [1.82, 2.24) is 0 Å². The summed E-state index contributed by atoms with van der Waals surface area (Å²) in [6.45, 7) is 1.84. The molecule has 0 bridgehead atoms. The van der Waals surface area contributed by atoms with E-state index in [9.17, 15) is 14.4 Å². The number of hydrogen-bond donors (Lipinski definition) is 0. The Bertz CT molecular complexity index is 100.0. The Hall–Kier alpha value is 0.669. The average Bonchev–Trinajstić information content (AvgIpc) is 1.59. The van der Waals surface area contributed by atoms with E-state index in [4.69, 9.17) is 0 Å². The Labute approximate surface area is 65.5 Å². The predicted molar refractivity (Wildman–Crippen MR) is 27.4 cm³/mol. The average molecular weight is 200 g/mol. The fraction of sp³-hybridized carbons (Fsp3) is 1.00. The molecule has 0 fully saturated rings. The first-order valence-corrected chi connectivity index (χ1v) is 4.30. The van der Waals surface area contributed by atoms with Gasteiger partial charge in [0.15, 0.2) is 0 Å². The molecule has 0 aliphatic rings. The minimum atomic E-state index is -4.18. The smallest absolute Gasteiger partial charge is 0.811 e. The first-order chi connectivity index (χ1) is 3.56. The van der Waals surface area contributed by atoms with E-state index in [1.165, 1.54) is 0 Å². The molecule has 0 saturated carbocycles. The van der Waals surface area contributed by atoms with Crippen LogP contribution in [0.5, 0.6) is 0 Å². The third kappa shape index (κ3) is 12.0. The summed E-state index contributed by atoms with van der Waals surface area (Å²) in [5.74, 6) is 0. The topological polar surface area (TPSA) is 63.2 Å². The molecule has 0 rings (SSSR count). The molecule has 0 aromatic heterocycles. The largest absolute Gasteiger partial charge is 2.00 e. The zero-order chi connectivity index (χ0) is 6.62. The van der Waals surface area contributed by atoms with E-state index >= 15 is 0 Å². The van der Waals surface area contributed by atoms with Gasteiger partial charge in [-0.2, -0.15) is 0 Å². The second-order valence-electron chi connectivity index (χ2n) is 1.69. The summed E-state index contributed by atoms with van der Waals surface area (Å²) < 4.78 is 9.86. The van der Waals surface area contributed by atoms with E-state index in [0.29, 0.717) is 6.42 Å². The van der Waals surface area contributed by atoms with Gasteiger partial charge in [0.05, 0.1) is 0 Å². The third-order valence-corrected chi connectivity index (χ3v) is 1.65. The van der Waals surface area contributed by atoms with Crippen LogP contribution < -0.4 is 9.79 Å². The number of rotatable bonds is 3. The summed E-state index contributed by atoms with van der Waals surface area (Å²) in [5.41, 5.74) is 0. The molecule has 0 heterocycles. The Balaban J connectivity index is 0. The van der Waals surface area contributed by atoms with Gasteiger partial charge in [0.1, 0.15) is 0 Å². The van der Waals surface area contributed by atoms with E-state index in [1.807, 2.05) is 6.92 Å². The maximum Gasteiger partial charge on any atom is 2.00 e. The van der Waals surface area contributed by atoms with Crippen LogP contribution in [0.3, 0.4) is 0 Å². The summed E-state index contributed by atoms with van der Waals surface area (Å²) in [4.78, 5) is 19.7. The molecule has 1 radical (unpaired) electrons. The molecule has 0 N–H and O–H groups in total. The van der Waals surface area contributed by atoms with Crippen molar-refractivity contribution in [2.75, 3.05) is 6.16 Å². The molecule has 3 nitrogen and oxygen atoms in total. The predicted octanol–water partition coefficient (Wildman–Crippen LogP) is -0.302. The molecule has 0 aliphatic carbocycles. The SMILES string of the molecule is CCCCP(=O)([O-])[O-].[Cu+2]. The summed E-state index contributed by atoms with van der Waals surface area (Å²) >= 11 is 0. The van der Waals surface area contributed by atoms with Gasteiger partial charge in [-0.3, -0.25) is 0 Å². The van der Waals surface area contributed by atoms with Crippen molar-refractivity contribution in [2.45, 2.75) is 19.8 Å². The van der Waals surface area contributed by atoms with Crippen LogP contribution in [-0.2, 0) is 21.6 Å². The van der Waals surface area contributed by atoms with Crippen molar-refractivity contribution in [3.8, 4) is 0 Å². The van der Waals surface area contributed by atoms with Crippen LogP contribution in [0, 0.1) is 0 Å². The molecule has 0 amide bonds. The van der Waals surface area contributed by atoms with Crippen molar-refractivity contribution in [3.05, 3.63) is 0 Å². The second-order valence-corrected chi connectivity index (χ2v) is 3.36. The van der Waals surface area contributed by atoms with E-state index in [2.05, 4.69) is 0 Å². The Kier molecular flexibility index (Phi) is 7.49. The maximum atomic E-state index is 9.86. The fourth-order valence-electron chi connectivity index (χ4n) is 0.352. The van der Waals surface area contributed by atoms with Crippen molar-refractivity contribution in [1.29, 1.82) is 0 Å². The van der Waals surface area contributed by atoms with Gasteiger partial charge in [0, 0.05) is 0 Å². The second kappa shape index (κ2) is 5.45. The normalized spacial score (nSPS) is 10.6. The molecule has 59 valence electrons. The van der Waals surface area contributed by atoms with Gasteiger partial charge in [0.2, 0.25) is 0 Å². The summed E-state index contributed by atoms with van der Waals surface area (Å²) in [5, 5.41) is 0. The van der Waals surface area contributed by atoms with Gasteiger partial charge in [-0.25, -0.2) is 0 Å². The van der Waals surface area contributed by atoms with E-state index in [0.717, 1.165) is 6.42 Å². The third-order valence-electron chi connectivity index (χ3n) is 0.786. The maximum absolute atomic E-state index is 9.86. The fourth-order valence-corrected chi connectivity index (χ4v) is 1.06. The Morgan fingerprint density at radius 2 is 1.89 bits per heavy atom. The van der Waals surface area contributed by atoms with Crippen molar-refractivity contribution < 1.29 is 31.4 Å². The molecular weight excluding hydrogens is 191 g/mol. The number of unbranched alkanes of at least 4 members (excludes halogenated alkanes) is 1. The van der Waals surface area contributed by atoms with E-state index in [-0.39, 0.29) is 23.2 Å². The molecule has 0 saturated heterocycles. The Morgan fingerprint density at radius 3 is 2.00 bits per heavy atom. The van der Waals surface area contributed by atoms with Gasteiger partial charge in [-0.05, 0) is 12.6 Å². The van der Waals surface area contributed by atoms with E-state index in [1.54, 1.807) is 0 Å². The zero-order valence-corrected chi connectivity index (χ0v) is 6.93. The molecule has 0 atom stereocenters. The van der Waals surface area contributed by atoms with E-state index < -0.39 is 7.60 Å². The van der Waals surface area contributed by atoms with Gasteiger partial charge in [-0.1, -0.05) is 20.9 Å². The summed E-state index contributed by atoms with van der Waals surface area (Å²) in [6, 6.07) is 0. The zero-order valence-electron chi connectivity index (χ0n) is 5.09. The molecular formula is C4H9CuO3P. The van der Waals surface area contributed by atoms with Crippen molar-refractivity contribution >= 4 is 7.60 Å². The molecule has 9 heavy (non-hydrogen) atoms.